The Labute approximate surface area is 168 Å². The number of aliphatic imine (C=N–C) groups is 1. The molecule has 0 unspecified atom stereocenters. The number of carbonyl (C=O) groups excluding carboxylic acids is 1. The number of halogens is 3. The van der Waals surface area contributed by atoms with Crippen molar-refractivity contribution in [3.05, 3.63) is 60.3 Å². The molecule has 1 saturated heterocycles. The van der Waals surface area contributed by atoms with Crippen LogP contribution >= 0.6 is 0 Å². The van der Waals surface area contributed by atoms with Crippen LogP contribution in [-0.4, -0.2) is 35.1 Å². The quantitative estimate of drug-likeness (QED) is 0.295. The van der Waals surface area contributed by atoms with E-state index in [1.165, 1.54) is 6.07 Å². The van der Waals surface area contributed by atoms with Gasteiger partial charge in [0.15, 0.2) is 0 Å². The maximum atomic E-state index is 12.7. The molecule has 2 heterocycles. The van der Waals surface area contributed by atoms with Crippen molar-refractivity contribution < 1.29 is 22.7 Å². The van der Waals surface area contributed by atoms with Crippen LogP contribution in [0.4, 0.5) is 13.2 Å². The lowest BCUT2D eigenvalue weighted by molar-refractivity contribution is -0.141. The maximum absolute atomic E-state index is 12.7. The minimum atomic E-state index is -4.51. The van der Waals surface area contributed by atoms with E-state index in [-0.39, 0.29) is 17.6 Å². The Kier molecular flexibility index (Phi) is 7.36. The molecule has 1 fully saturated rings. The standard InChI is InChI=1S/C21H24F3N3O2/c1-5-25-13-18(16-8-10-27(11-9-16)20(28)14(2)3)15(4)29-17-6-7-19(26-12-17)21(22,23)24/h5-7,12-13,16H,2,4,8-11H2,1,3H3/b18-13+,25-5?. The Balaban J connectivity index is 2.09. The summed E-state index contributed by atoms with van der Waals surface area (Å²) in [7, 11) is 0. The zero-order valence-electron chi connectivity index (χ0n) is 16.5. The second-order valence-electron chi connectivity index (χ2n) is 6.74. The number of hydrogen-bond donors (Lipinski definition) is 0. The van der Waals surface area contributed by atoms with Gasteiger partial charge in [-0.15, -0.1) is 0 Å². The minimum Gasteiger partial charge on any atom is -0.456 e. The molecule has 1 amide bonds. The first-order valence-electron chi connectivity index (χ1n) is 9.16. The molecule has 0 atom stereocenters. The van der Waals surface area contributed by atoms with Crippen molar-refractivity contribution in [2.24, 2.45) is 10.9 Å². The van der Waals surface area contributed by atoms with Gasteiger partial charge in [-0.1, -0.05) is 13.2 Å². The first kappa shape index (κ1) is 22.4. The van der Waals surface area contributed by atoms with Gasteiger partial charge in [0, 0.05) is 36.7 Å². The Hall–Kier alpha value is -2.90. The molecule has 1 aliphatic rings. The van der Waals surface area contributed by atoms with E-state index in [9.17, 15) is 18.0 Å². The number of aromatic nitrogens is 1. The van der Waals surface area contributed by atoms with Crippen LogP contribution in [0.25, 0.3) is 0 Å². The monoisotopic (exact) mass is 407 g/mol. The summed E-state index contributed by atoms with van der Waals surface area (Å²) in [6.07, 6.45) is 1.15. The lowest BCUT2D eigenvalue weighted by Crippen LogP contribution is -2.39. The highest BCUT2D eigenvalue weighted by Gasteiger charge is 2.32. The van der Waals surface area contributed by atoms with Gasteiger partial charge in [0.2, 0.25) is 5.91 Å². The number of allylic oxidation sites excluding steroid dienone is 1. The van der Waals surface area contributed by atoms with E-state index in [1.54, 1.807) is 31.2 Å². The molecule has 5 nitrogen and oxygen atoms in total. The molecule has 1 aromatic rings. The molecular formula is C21H24F3N3O2. The number of alkyl halides is 3. The fraction of sp³-hybridized carbons (Fsp3) is 0.381. The first-order chi connectivity index (χ1) is 13.6. The van der Waals surface area contributed by atoms with Gasteiger partial charge in [-0.2, -0.15) is 13.2 Å². The van der Waals surface area contributed by atoms with Crippen LogP contribution in [0.3, 0.4) is 0 Å². The summed E-state index contributed by atoms with van der Waals surface area (Å²) in [5.41, 5.74) is 0.249. The summed E-state index contributed by atoms with van der Waals surface area (Å²) in [6, 6.07) is 2.06. The van der Waals surface area contributed by atoms with Crippen LogP contribution < -0.4 is 4.74 Å². The number of carbonyl (C=O) groups is 1. The Morgan fingerprint density at radius 2 is 1.97 bits per heavy atom. The Morgan fingerprint density at radius 1 is 1.31 bits per heavy atom. The van der Waals surface area contributed by atoms with Gasteiger partial charge in [-0.25, -0.2) is 4.98 Å². The van der Waals surface area contributed by atoms with E-state index in [0.717, 1.165) is 17.8 Å². The molecule has 29 heavy (non-hydrogen) atoms. The third-order valence-electron chi connectivity index (χ3n) is 4.54. The number of rotatable bonds is 6. The Morgan fingerprint density at radius 3 is 2.45 bits per heavy atom. The van der Waals surface area contributed by atoms with E-state index >= 15 is 0 Å². The third-order valence-corrected chi connectivity index (χ3v) is 4.54. The van der Waals surface area contributed by atoms with E-state index in [0.29, 0.717) is 37.3 Å². The summed E-state index contributed by atoms with van der Waals surface area (Å²) in [4.78, 5) is 21.4. The average Bonchev–Trinajstić information content (AvgIpc) is 2.68. The van der Waals surface area contributed by atoms with Crippen LogP contribution in [0.2, 0.25) is 0 Å². The number of nitrogens with zero attached hydrogens (tertiary/aromatic N) is 3. The largest absolute Gasteiger partial charge is 0.456 e. The van der Waals surface area contributed by atoms with Gasteiger partial charge in [0.05, 0.1) is 6.20 Å². The lowest BCUT2D eigenvalue weighted by atomic mass is 9.88. The lowest BCUT2D eigenvalue weighted by Gasteiger charge is -2.33. The second kappa shape index (κ2) is 9.54. The molecule has 0 radical (unpaired) electrons. The van der Waals surface area contributed by atoms with Crippen LogP contribution in [0.1, 0.15) is 32.4 Å². The zero-order valence-corrected chi connectivity index (χ0v) is 16.5. The van der Waals surface area contributed by atoms with Crippen molar-refractivity contribution in [2.75, 3.05) is 13.1 Å². The van der Waals surface area contributed by atoms with E-state index in [1.807, 2.05) is 0 Å². The first-order valence-corrected chi connectivity index (χ1v) is 9.16. The highest BCUT2D eigenvalue weighted by atomic mass is 19.4. The molecule has 2 rings (SSSR count). The molecule has 0 spiro atoms. The van der Waals surface area contributed by atoms with Crippen LogP contribution in [0.5, 0.6) is 5.75 Å². The van der Waals surface area contributed by atoms with Crippen molar-refractivity contribution in [3.8, 4) is 5.75 Å². The fourth-order valence-corrected chi connectivity index (χ4v) is 3.03. The average molecular weight is 407 g/mol. The van der Waals surface area contributed by atoms with Crippen LogP contribution in [0, 0.1) is 5.92 Å². The number of piperidine rings is 1. The molecular weight excluding hydrogens is 383 g/mol. The molecule has 0 bridgehead atoms. The van der Waals surface area contributed by atoms with Crippen molar-refractivity contribution in [2.45, 2.75) is 32.9 Å². The van der Waals surface area contributed by atoms with E-state index in [4.69, 9.17) is 4.74 Å². The normalized spacial score (nSPS) is 16.2. The van der Waals surface area contributed by atoms with E-state index in [2.05, 4.69) is 23.1 Å². The smallest absolute Gasteiger partial charge is 0.433 e. The summed E-state index contributed by atoms with van der Waals surface area (Å²) in [6.45, 7) is 12.2. The highest BCUT2D eigenvalue weighted by molar-refractivity contribution is 5.92. The number of amides is 1. The summed E-state index contributed by atoms with van der Waals surface area (Å²) >= 11 is 0. The summed E-state index contributed by atoms with van der Waals surface area (Å²) in [5.74, 6) is 0.445. The molecule has 1 aromatic heterocycles. The van der Waals surface area contributed by atoms with Crippen molar-refractivity contribution >= 4 is 12.1 Å². The molecule has 0 aromatic carbocycles. The number of ether oxygens (including phenoxy) is 1. The number of hydrogen-bond acceptors (Lipinski definition) is 4. The van der Waals surface area contributed by atoms with Crippen LogP contribution in [-0.2, 0) is 11.0 Å². The van der Waals surface area contributed by atoms with Gasteiger partial charge in [-0.05, 0) is 44.7 Å². The minimum absolute atomic E-state index is 0.0581. The highest BCUT2D eigenvalue weighted by Crippen LogP contribution is 2.32. The summed E-state index contributed by atoms with van der Waals surface area (Å²) < 4.78 is 43.6. The number of pyridine rings is 1. The topological polar surface area (TPSA) is 54.8 Å². The van der Waals surface area contributed by atoms with Crippen LogP contribution in [0.15, 0.2) is 59.6 Å². The third kappa shape index (κ3) is 6.04. The number of likely N-dealkylation sites (tertiary alicyclic amines) is 1. The summed E-state index contributed by atoms with van der Waals surface area (Å²) in [5, 5.41) is 0. The molecule has 0 saturated carbocycles. The van der Waals surface area contributed by atoms with Gasteiger partial charge in [0.1, 0.15) is 17.2 Å². The van der Waals surface area contributed by atoms with Gasteiger partial charge < -0.3 is 9.64 Å². The van der Waals surface area contributed by atoms with E-state index < -0.39 is 11.9 Å². The fourth-order valence-electron chi connectivity index (χ4n) is 3.03. The molecule has 0 aliphatic carbocycles. The van der Waals surface area contributed by atoms with Gasteiger partial charge in [0.25, 0.3) is 0 Å². The molecule has 8 heteroatoms. The predicted octanol–water partition coefficient (Wildman–Crippen LogP) is 4.78. The van der Waals surface area contributed by atoms with Gasteiger partial charge >= 0.3 is 6.18 Å². The molecule has 0 N–H and O–H groups in total. The van der Waals surface area contributed by atoms with Crippen molar-refractivity contribution in [1.82, 2.24) is 9.88 Å². The SMILES string of the molecule is C=C(C)C(=O)N1CCC(/C(=C/N=CC)C(=C)Oc2ccc(C(F)(F)F)nc2)CC1. The maximum Gasteiger partial charge on any atom is 0.433 e. The molecule has 156 valence electrons. The Bertz CT molecular complexity index is 819. The van der Waals surface area contributed by atoms with Crippen molar-refractivity contribution in [3.63, 3.8) is 0 Å². The molecule has 1 aliphatic heterocycles. The predicted molar refractivity (Wildman–Crippen MR) is 105 cm³/mol. The van der Waals surface area contributed by atoms with Gasteiger partial charge in [-0.3, -0.25) is 9.79 Å². The second-order valence-corrected chi connectivity index (χ2v) is 6.74. The van der Waals surface area contributed by atoms with Crippen molar-refractivity contribution in [1.29, 1.82) is 0 Å². The zero-order chi connectivity index (χ0) is 21.6.